The molecule has 88 valence electrons. The minimum atomic E-state index is 0.781. The molecule has 0 bridgehead atoms. The third kappa shape index (κ3) is 2.14. The van der Waals surface area contributed by atoms with Crippen molar-refractivity contribution in [1.29, 1.82) is 0 Å². The first-order valence-corrected chi connectivity index (χ1v) is 6.06. The van der Waals surface area contributed by atoms with E-state index < -0.39 is 0 Å². The highest BCUT2D eigenvalue weighted by Gasteiger charge is 2.05. The Morgan fingerprint density at radius 2 is 2.06 bits per heavy atom. The Kier molecular flexibility index (Phi) is 2.85. The molecule has 3 heterocycles. The molecule has 0 radical (unpaired) electrons. The van der Waals surface area contributed by atoms with Crippen molar-refractivity contribution in [3.63, 3.8) is 0 Å². The van der Waals surface area contributed by atoms with Gasteiger partial charge in [0.05, 0.1) is 18.1 Å². The normalized spacial score (nSPS) is 10.5. The molecule has 0 spiro atoms. The summed E-state index contributed by atoms with van der Waals surface area (Å²) in [5.74, 6) is 0. The summed E-state index contributed by atoms with van der Waals surface area (Å²) >= 11 is 3.38. The van der Waals surface area contributed by atoms with Crippen LogP contribution in [-0.4, -0.2) is 25.0 Å². The van der Waals surface area contributed by atoms with Crippen molar-refractivity contribution in [2.24, 2.45) is 0 Å². The molecule has 5 nitrogen and oxygen atoms in total. The highest BCUT2D eigenvalue weighted by atomic mass is 79.9. The van der Waals surface area contributed by atoms with Gasteiger partial charge in [0, 0.05) is 28.6 Å². The fourth-order valence-corrected chi connectivity index (χ4v) is 1.92. The maximum atomic E-state index is 4.12. The Morgan fingerprint density at radius 3 is 2.83 bits per heavy atom. The lowest BCUT2D eigenvalue weighted by molar-refractivity contribution is 0.799. The molecule has 0 aliphatic heterocycles. The number of pyridine rings is 2. The largest absolute Gasteiger partial charge is 0.264 e. The van der Waals surface area contributed by atoms with Crippen molar-refractivity contribution < 1.29 is 0 Å². The fraction of sp³-hybridized carbons (Fsp3) is 0. The summed E-state index contributed by atoms with van der Waals surface area (Å²) < 4.78 is 2.58. The highest BCUT2D eigenvalue weighted by molar-refractivity contribution is 9.10. The quantitative estimate of drug-likeness (QED) is 0.730. The molecule has 0 fully saturated rings. The minimum absolute atomic E-state index is 0.781. The van der Waals surface area contributed by atoms with Crippen LogP contribution in [0.4, 0.5) is 0 Å². The average Bonchev–Trinajstić information content (AvgIpc) is 2.89. The van der Waals surface area contributed by atoms with Gasteiger partial charge in [0.2, 0.25) is 0 Å². The van der Waals surface area contributed by atoms with Gasteiger partial charge in [0.25, 0.3) is 0 Å². The van der Waals surface area contributed by atoms with Crippen LogP contribution in [0.25, 0.3) is 16.9 Å². The van der Waals surface area contributed by atoms with E-state index in [0.29, 0.717) is 0 Å². The van der Waals surface area contributed by atoms with Crippen LogP contribution in [0, 0.1) is 0 Å². The van der Waals surface area contributed by atoms with Crippen LogP contribution >= 0.6 is 15.9 Å². The molecule has 18 heavy (non-hydrogen) atoms. The summed E-state index contributed by atoms with van der Waals surface area (Å²) in [7, 11) is 0. The van der Waals surface area contributed by atoms with E-state index in [4.69, 9.17) is 0 Å². The first-order valence-electron chi connectivity index (χ1n) is 5.26. The zero-order chi connectivity index (χ0) is 12.4. The van der Waals surface area contributed by atoms with Gasteiger partial charge >= 0.3 is 0 Å². The van der Waals surface area contributed by atoms with Crippen LogP contribution in [0.2, 0.25) is 0 Å². The second kappa shape index (κ2) is 4.66. The molecule has 3 rings (SSSR count). The predicted octanol–water partition coefficient (Wildman–Crippen LogP) is 2.49. The average molecular weight is 302 g/mol. The van der Waals surface area contributed by atoms with Crippen LogP contribution in [0.5, 0.6) is 0 Å². The zero-order valence-electron chi connectivity index (χ0n) is 9.23. The third-order valence-electron chi connectivity index (χ3n) is 2.41. The monoisotopic (exact) mass is 301 g/mol. The standard InChI is InChI=1S/C12H8BrN5/c13-10-4-11(7-15-6-10)18-8-12(16-17-18)9-2-1-3-14-5-9/h1-8H. The Bertz CT molecular complexity index is 665. The summed E-state index contributed by atoms with van der Waals surface area (Å²) in [6.07, 6.45) is 8.79. The smallest absolute Gasteiger partial charge is 0.115 e. The van der Waals surface area contributed by atoms with E-state index in [2.05, 4.69) is 36.2 Å². The molecule has 0 saturated carbocycles. The van der Waals surface area contributed by atoms with Crippen molar-refractivity contribution in [1.82, 2.24) is 25.0 Å². The van der Waals surface area contributed by atoms with Gasteiger partial charge in [-0.2, -0.15) is 0 Å². The van der Waals surface area contributed by atoms with Crippen LogP contribution in [0.1, 0.15) is 0 Å². The van der Waals surface area contributed by atoms with Crippen molar-refractivity contribution in [3.8, 4) is 16.9 Å². The van der Waals surface area contributed by atoms with Gasteiger partial charge in [-0.3, -0.25) is 9.97 Å². The van der Waals surface area contributed by atoms with Gasteiger partial charge in [-0.15, -0.1) is 5.10 Å². The molecular formula is C12H8BrN5. The number of hydrogen-bond acceptors (Lipinski definition) is 4. The second-order valence-corrected chi connectivity index (χ2v) is 4.57. The summed E-state index contributed by atoms with van der Waals surface area (Å²) in [6.45, 7) is 0. The van der Waals surface area contributed by atoms with Crippen molar-refractivity contribution >= 4 is 15.9 Å². The first kappa shape index (κ1) is 11.0. The molecule has 3 aromatic heterocycles. The topological polar surface area (TPSA) is 56.5 Å². The molecule has 0 aromatic carbocycles. The molecule has 0 atom stereocenters. The molecule has 0 aliphatic carbocycles. The SMILES string of the molecule is Brc1cncc(-n2cc(-c3cccnc3)nn2)c1. The Labute approximate surface area is 112 Å². The summed E-state index contributed by atoms with van der Waals surface area (Å²) in [4.78, 5) is 8.16. The predicted molar refractivity (Wildman–Crippen MR) is 70.1 cm³/mol. The van der Waals surface area contributed by atoms with Gasteiger partial charge in [-0.1, -0.05) is 5.21 Å². The molecule has 6 heteroatoms. The van der Waals surface area contributed by atoms with Crippen LogP contribution in [-0.2, 0) is 0 Å². The number of rotatable bonds is 2. The molecular weight excluding hydrogens is 294 g/mol. The van der Waals surface area contributed by atoms with E-state index in [0.717, 1.165) is 21.4 Å². The Balaban J connectivity index is 2.00. The lowest BCUT2D eigenvalue weighted by Crippen LogP contribution is -1.95. The lowest BCUT2D eigenvalue weighted by Gasteiger charge is -1.98. The Hall–Kier alpha value is -2.08. The van der Waals surface area contributed by atoms with Crippen molar-refractivity contribution in [2.45, 2.75) is 0 Å². The minimum Gasteiger partial charge on any atom is -0.264 e. The van der Waals surface area contributed by atoms with E-state index in [9.17, 15) is 0 Å². The number of nitrogens with zero attached hydrogens (tertiary/aromatic N) is 5. The van der Waals surface area contributed by atoms with Gasteiger partial charge < -0.3 is 0 Å². The van der Waals surface area contributed by atoms with Crippen LogP contribution < -0.4 is 0 Å². The van der Waals surface area contributed by atoms with Gasteiger partial charge in [0.1, 0.15) is 5.69 Å². The summed E-state index contributed by atoms with van der Waals surface area (Å²) in [5, 5.41) is 8.20. The first-order chi connectivity index (χ1) is 8.83. The van der Waals surface area contributed by atoms with Gasteiger partial charge in [0.15, 0.2) is 0 Å². The second-order valence-electron chi connectivity index (χ2n) is 3.65. The maximum absolute atomic E-state index is 4.12. The van der Waals surface area contributed by atoms with Crippen molar-refractivity contribution in [3.05, 3.63) is 53.7 Å². The molecule has 0 amide bonds. The maximum Gasteiger partial charge on any atom is 0.115 e. The van der Waals surface area contributed by atoms with Crippen LogP contribution in [0.3, 0.4) is 0 Å². The van der Waals surface area contributed by atoms with E-state index >= 15 is 0 Å². The van der Waals surface area contributed by atoms with E-state index in [-0.39, 0.29) is 0 Å². The molecule has 0 aliphatic rings. The number of hydrogen-bond donors (Lipinski definition) is 0. The van der Waals surface area contributed by atoms with Crippen molar-refractivity contribution in [2.75, 3.05) is 0 Å². The van der Waals surface area contributed by atoms with E-state index in [1.807, 2.05) is 24.4 Å². The number of halogens is 1. The Morgan fingerprint density at radius 1 is 1.11 bits per heavy atom. The summed E-state index contributed by atoms with van der Waals surface area (Å²) in [6, 6.07) is 5.74. The van der Waals surface area contributed by atoms with E-state index in [1.165, 1.54) is 0 Å². The lowest BCUT2D eigenvalue weighted by atomic mass is 10.2. The molecule has 0 N–H and O–H groups in total. The molecule has 3 aromatic rings. The van der Waals surface area contributed by atoms with E-state index in [1.54, 1.807) is 29.5 Å². The third-order valence-corrected chi connectivity index (χ3v) is 2.84. The summed E-state index contributed by atoms with van der Waals surface area (Å²) in [5.41, 5.74) is 2.57. The highest BCUT2D eigenvalue weighted by Crippen LogP contribution is 2.17. The number of aromatic nitrogens is 5. The molecule has 0 unspecified atom stereocenters. The van der Waals surface area contributed by atoms with Crippen LogP contribution in [0.15, 0.2) is 53.7 Å². The molecule has 0 saturated heterocycles. The zero-order valence-corrected chi connectivity index (χ0v) is 10.8. The van der Waals surface area contributed by atoms with Gasteiger partial charge in [-0.05, 0) is 34.1 Å². The fourth-order valence-electron chi connectivity index (χ4n) is 1.56. The van der Waals surface area contributed by atoms with Gasteiger partial charge in [-0.25, -0.2) is 4.68 Å².